The van der Waals surface area contributed by atoms with Crippen molar-refractivity contribution in [2.24, 2.45) is 11.7 Å². The third-order valence-corrected chi connectivity index (χ3v) is 3.66. The molecule has 0 bridgehead atoms. The van der Waals surface area contributed by atoms with Crippen molar-refractivity contribution >= 4 is 34.8 Å². The van der Waals surface area contributed by atoms with Gasteiger partial charge >= 0.3 is 12.0 Å². The number of nitriles is 1. The van der Waals surface area contributed by atoms with Crippen molar-refractivity contribution in [3.63, 3.8) is 0 Å². The van der Waals surface area contributed by atoms with E-state index in [1.807, 2.05) is 6.07 Å². The van der Waals surface area contributed by atoms with Gasteiger partial charge in [-0.3, -0.25) is 10.1 Å². The third-order valence-electron chi connectivity index (χ3n) is 3.16. The first-order chi connectivity index (χ1) is 10.8. The van der Waals surface area contributed by atoms with E-state index in [2.05, 4.69) is 0 Å². The summed E-state index contributed by atoms with van der Waals surface area (Å²) >= 11 is 10.6. The summed E-state index contributed by atoms with van der Waals surface area (Å²) in [7, 11) is 0. The number of hydrogen-bond donors (Lipinski definition) is 1. The Bertz CT molecular complexity index is 644. The van der Waals surface area contributed by atoms with Gasteiger partial charge in [-0.05, 0) is 24.6 Å². The maximum absolute atomic E-state index is 12.0. The molecule has 0 radical (unpaired) electrons. The lowest BCUT2D eigenvalue weighted by atomic mass is 9.81. The number of esters is 1. The zero-order chi connectivity index (χ0) is 17.6. The van der Waals surface area contributed by atoms with Gasteiger partial charge in [-0.15, -0.1) is 0 Å². The smallest absolute Gasteiger partial charge is 0.382 e. The van der Waals surface area contributed by atoms with Gasteiger partial charge < -0.3 is 10.5 Å². The number of carbonyl (C=O) groups excluding carboxylic acids is 1. The Morgan fingerprint density at radius 3 is 2.48 bits per heavy atom. The van der Waals surface area contributed by atoms with E-state index in [1.54, 1.807) is 0 Å². The molecule has 3 atom stereocenters. The first kappa shape index (κ1) is 18.8. The molecule has 0 aliphatic heterocycles. The lowest BCUT2D eigenvalue weighted by Crippen LogP contribution is -2.43. The van der Waals surface area contributed by atoms with Gasteiger partial charge in [0.25, 0.3) is 0 Å². The maximum Gasteiger partial charge on any atom is 0.382 e. The molecule has 9 heteroatoms. The van der Waals surface area contributed by atoms with Crippen molar-refractivity contribution in [2.75, 3.05) is 6.61 Å². The Balaban J connectivity index is 3.44. The van der Waals surface area contributed by atoms with E-state index in [0.29, 0.717) is 10.6 Å². The summed E-state index contributed by atoms with van der Waals surface area (Å²) in [6, 6.07) is 6.02. The zero-order valence-electron chi connectivity index (χ0n) is 12.1. The Hall–Kier alpha value is -2.24. The number of benzene rings is 1. The number of carbonyl (C=O) groups is 1. The van der Waals surface area contributed by atoms with Gasteiger partial charge in [-0.1, -0.05) is 36.0 Å². The Morgan fingerprint density at radius 2 is 2.09 bits per heavy atom. The highest BCUT2D eigenvalue weighted by atomic mass is 35.5. The van der Waals surface area contributed by atoms with Crippen LogP contribution in [0.4, 0.5) is 0 Å². The second-order valence-corrected chi connectivity index (χ2v) is 5.48. The SMILES string of the molecule is CCOC(=O)C([C@@H](c1ccc(Cl)cc1)[C@@H](C#N)C(N)=S)[N+](=O)[O-]. The number of hydrogen-bond acceptors (Lipinski definition) is 6. The standard InChI is InChI=1S/C14H14ClN3O4S/c1-2-22-14(19)12(18(20)21)11(10(7-16)13(17)23)8-3-5-9(15)6-4-8/h3-6,10-12H,2H2,1H3,(H2,17,23)/t10-,11+,12?/m1/s1. The summed E-state index contributed by atoms with van der Waals surface area (Å²) in [4.78, 5) is 22.4. The number of nitro groups is 1. The van der Waals surface area contributed by atoms with Gasteiger partial charge in [0.2, 0.25) is 0 Å². The molecule has 1 unspecified atom stereocenters. The minimum Gasteiger partial charge on any atom is -0.461 e. The van der Waals surface area contributed by atoms with Crippen LogP contribution in [0.5, 0.6) is 0 Å². The van der Waals surface area contributed by atoms with Crippen molar-refractivity contribution < 1.29 is 14.5 Å². The molecular formula is C14H14ClN3O4S. The molecule has 1 aromatic carbocycles. The number of thiocarbonyl (C=S) groups is 1. The Kier molecular flexibility index (Phi) is 6.88. The van der Waals surface area contributed by atoms with Crippen LogP contribution in [-0.2, 0) is 9.53 Å². The van der Waals surface area contributed by atoms with Crippen LogP contribution in [0.1, 0.15) is 18.4 Å². The quantitative estimate of drug-likeness (QED) is 0.344. The highest BCUT2D eigenvalue weighted by molar-refractivity contribution is 7.80. The number of rotatable bonds is 7. The van der Waals surface area contributed by atoms with E-state index in [9.17, 15) is 20.2 Å². The lowest BCUT2D eigenvalue weighted by molar-refractivity contribution is -0.515. The van der Waals surface area contributed by atoms with Crippen LogP contribution < -0.4 is 5.73 Å². The molecule has 0 heterocycles. The fourth-order valence-electron chi connectivity index (χ4n) is 2.15. The molecule has 0 aliphatic carbocycles. The highest BCUT2D eigenvalue weighted by Gasteiger charge is 2.46. The number of nitrogens with zero attached hydrogens (tertiary/aromatic N) is 2. The number of halogens is 1. The summed E-state index contributed by atoms with van der Waals surface area (Å²) in [5.41, 5.74) is 5.89. The van der Waals surface area contributed by atoms with Crippen LogP contribution in [0.25, 0.3) is 0 Å². The second kappa shape index (κ2) is 8.41. The molecule has 0 saturated heterocycles. The number of nitrogens with two attached hydrogens (primary N) is 1. The van der Waals surface area contributed by atoms with Crippen molar-refractivity contribution in [2.45, 2.75) is 18.9 Å². The van der Waals surface area contributed by atoms with Crippen molar-refractivity contribution in [3.8, 4) is 6.07 Å². The largest absolute Gasteiger partial charge is 0.461 e. The van der Waals surface area contributed by atoms with Gasteiger partial charge in [0, 0.05) is 9.95 Å². The predicted molar refractivity (Wildman–Crippen MR) is 87.5 cm³/mol. The van der Waals surface area contributed by atoms with E-state index in [-0.39, 0.29) is 11.6 Å². The Labute approximate surface area is 143 Å². The fraction of sp³-hybridized carbons (Fsp3) is 0.357. The molecule has 0 aromatic heterocycles. The molecule has 7 nitrogen and oxygen atoms in total. The van der Waals surface area contributed by atoms with E-state index in [1.165, 1.54) is 31.2 Å². The minimum atomic E-state index is -1.80. The zero-order valence-corrected chi connectivity index (χ0v) is 13.7. The van der Waals surface area contributed by atoms with Crippen LogP contribution >= 0.6 is 23.8 Å². The summed E-state index contributed by atoms with van der Waals surface area (Å²) in [6.45, 7) is 1.50. The first-order valence-corrected chi connectivity index (χ1v) is 7.36. The monoisotopic (exact) mass is 355 g/mol. The predicted octanol–water partition coefficient (Wildman–Crippen LogP) is 2.06. The maximum atomic E-state index is 12.0. The highest BCUT2D eigenvalue weighted by Crippen LogP contribution is 2.31. The molecule has 122 valence electrons. The van der Waals surface area contributed by atoms with Gasteiger partial charge in [-0.2, -0.15) is 5.26 Å². The molecule has 0 amide bonds. The van der Waals surface area contributed by atoms with E-state index in [4.69, 9.17) is 34.3 Å². The van der Waals surface area contributed by atoms with Crippen molar-refractivity contribution in [1.82, 2.24) is 0 Å². The molecule has 0 aliphatic rings. The van der Waals surface area contributed by atoms with E-state index < -0.39 is 28.8 Å². The summed E-state index contributed by atoms with van der Waals surface area (Å²) in [5.74, 6) is -3.43. The second-order valence-electron chi connectivity index (χ2n) is 4.57. The van der Waals surface area contributed by atoms with Crippen LogP contribution in [0.15, 0.2) is 24.3 Å². The van der Waals surface area contributed by atoms with Gasteiger partial charge in [0.05, 0.1) is 23.6 Å². The first-order valence-electron chi connectivity index (χ1n) is 6.58. The van der Waals surface area contributed by atoms with Crippen molar-refractivity contribution in [3.05, 3.63) is 45.0 Å². The molecule has 1 rings (SSSR count). The molecule has 2 N–H and O–H groups in total. The molecule has 23 heavy (non-hydrogen) atoms. The molecule has 1 aromatic rings. The van der Waals surface area contributed by atoms with Crippen LogP contribution in [0, 0.1) is 27.4 Å². The average Bonchev–Trinajstić information content (AvgIpc) is 2.47. The topological polar surface area (TPSA) is 119 Å². The van der Waals surface area contributed by atoms with Gasteiger partial charge in [0.1, 0.15) is 5.92 Å². The van der Waals surface area contributed by atoms with E-state index in [0.717, 1.165) is 0 Å². The lowest BCUT2D eigenvalue weighted by Gasteiger charge is -2.23. The molecule has 0 fully saturated rings. The van der Waals surface area contributed by atoms with Crippen LogP contribution in [0.3, 0.4) is 0 Å². The fourth-order valence-corrected chi connectivity index (χ4v) is 2.48. The summed E-state index contributed by atoms with van der Waals surface area (Å²) < 4.78 is 4.77. The minimum absolute atomic E-state index is 0.0270. The normalized spacial score (nSPS) is 14.1. The molecule has 0 saturated carbocycles. The van der Waals surface area contributed by atoms with Gasteiger partial charge in [-0.25, -0.2) is 4.79 Å². The van der Waals surface area contributed by atoms with Crippen LogP contribution in [-0.4, -0.2) is 28.5 Å². The molecular weight excluding hydrogens is 342 g/mol. The number of ether oxygens (including phenoxy) is 1. The molecule has 0 spiro atoms. The Morgan fingerprint density at radius 1 is 1.52 bits per heavy atom. The van der Waals surface area contributed by atoms with E-state index >= 15 is 0 Å². The third kappa shape index (κ3) is 4.61. The van der Waals surface area contributed by atoms with Crippen molar-refractivity contribution in [1.29, 1.82) is 5.26 Å². The van der Waals surface area contributed by atoms with Gasteiger partial charge in [0.15, 0.2) is 0 Å². The average molecular weight is 356 g/mol. The summed E-state index contributed by atoms with van der Waals surface area (Å²) in [6.07, 6.45) is 0. The van der Waals surface area contributed by atoms with Crippen LogP contribution in [0.2, 0.25) is 5.02 Å². The summed E-state index contributed by atoms with van der Waals surface area (Å²) in [5, 5.41) is 21.1.